The van der Waals surface area contributed by atoms with Gasteiger partial charge in [0.05, 0.1) is 19.1 Å². The highest BCUT2D eigenvalue weighted by Crippen LogP contribution is 2.52. The van der Waals surface area contributed by atoms with E-state index in [0.29, 0.717) is 19.7 Å². The number of nitrogens with zero attached hydrogens (tertiary/aromatic N) is 2. The molecule has 1 saturated heterocycles. The number of fused-ring (bicyclic) bond motifs is 2. The first-order chi connectivity index (χ1) is 19.9. The summed E-state index contributed by atoms with van der Waals surface area (Å²) >= 11 is 0. The van der Waals surface area contributed by atoms with Crippen LogP contribution in [-0.4, -0.2) is 73.5 Å². The van der Waals surface area contributed by atoms with Gasteiger partial charge in [-0.05, 0) is 48.8 Å². The van der Waals surface area contributed by atoms with Crippen LogP contribution in [0.5, 0.6) is 0 Å². The molecule has 1 spiro atoms. The third-order valence-corrected chi connectivity index (χ3v) is 9.21. The Bertz CT molecular complexity index is 1200. The van der Waals surface area contributed by atoms with Gasteiger partial charge in [-0.25, -0.2) is 4.79 Å². The number of urea groups is 1. The van der Waals surface area contributed by atoms with Crippen molar-refractivity contribution in [3.63, 3.8) is 0 Å². The van der Waals surface area contributed by atoms with E-state index in [1.165, 1.54) is 12.0 Å². The van der Waals surface area contributed by atoms with Crippen molar-refractivity contribution in [2.24, 2.45) is 0 Å². The largest absolute Gasteiger partial charge is 0.374 e. The van der Waals surface area contributed by atoms with Crippen molar-refractivity contribution >= 4 is 17.8 Å². The van der Waals surface area contributed by atoms with Gasteiger partial charge in [0.15, 0.2) is 0 Å². The maximum Gasteiger partial charge on any atom is 0.315 e. The van der Waals surface area contributed by atoms with Crippen LogP contribution in [0.1, 0.15) is 74.0 Å². The van der Waals surface area contributed by atoms with Crippen LogP contribution in [0.15, 0.2) is 54.6 Å². The van der Waals surface area contributed by atoms with Gasteiger partial charge in [0.25, 0.3) is 0 Å². The number of rotatable bonds is 8. The molecular weight excluding hydrogens is 516 g/mol. The molecule has 1 aliphatic heterocycles. The summed E-state index contributed by atoms with van der Waals surface area (Å²) in [6.07, 6.45) is 7.75. The van der Waals surface area contributed by atoms with Crippen LogP contribution in [0.4, 0.5) is 4.79 Å². The summed E-state index contributed by atoms with van der Waals surface area (Å²) in [4.78, 5) is 43.4. The summed E-state index contributed by atoms with van der Waals surface area (Å²) in [5, 5.41) is 6.02. The van der Waals surface area contributed by atoms with E-state index < -0.39 is 6.04 Å². The Morgan fingerprint density at radius 3 is 2.37 bits per heavy atom. The topological polar surface area (TPSA) is 91.0 Å². The predicted octanol–water partition coefficient (Wildman–Crippen LogP) is 4.34. The maximum atomic E-state index is 13.8. The van der Waals surface area contributed by atoms with Gasteiger partial charge in [0.1, 0.15) is 6.04 Å². The molecule has 1 unspecified atom stereocenters. The minimum Gasteiger partial charge on any atom is -0.374 e. The molecule has 2 aromatic carbocycles. The summed E-state index contributed by atoms with van der Waals surface area (Å²) in [5.41, 5.74) is 3.28. The summed E-state index contributed by atoms with van der Waals surface area (Å²) in [6, 6.07) is 17.2. The van der Waals surface area contributed by atoms with E-state index in [0.717, 1.165) is 56.1 Å². The van der Waals surface area contributed by atoms with Gasteiger partial charge in [-0.2, -0.15) is 0 Å². The fourth-order valence-electron chi connectivity index (χ4n) is 6.95. The number of ether oxygens (including phenoxy) is 1. The molecule has 2 aliphatic carbocycles. The maximum absolute atomic E-state index is 13.8. The molecule has 2 N–H and O–H groups in total. The minimum atomic E-state index is -0.768. The zero-order valence-electron chi connectivity index (χ0n) is 24.4. The number of carbonyl (C=O) groups excluding carboxylic acids is 3. The molecule has 8 nitrogen and oxygen atoms in total. The summed E-state index contributed by atoms with van der Waals surface area (Å²) in [7, 11) is 3.63. The molecule has 2 fully saturated rings. The van der Waals surface area contributed by atoms with Crippen molar-refractivity contribution in [2.45, 2.75) is 81.4 Å². The van der Waals surface area contributed by atoms with E-state index in [9.17, 15) is 14.4 Å². The smallest absolute Gasteiger partial charge is 0.315 e. The average Bonchev–Trinajstić information content (AvgIpc) is 3.31. The van der Waals surface area contributed by atoms with Crippen molar-refractivity contribution in [3.8, 4) is 0 Å². The van der Waals surface area contributed by atoms with Gasteiger partial charge in [-0.15, -0.1) is 0 Å². The van der Waals surface area contributed by atoms with Crippen molar-refractivity contribution in [2.75, 3.05) is 33.8 Å². The fourth-order valence-corrected chi connectivity index (χ4v) is 6.95. The zero-order chi connectivity index (χ0) is 28.8. The molecule has 4 amide bonds. The molecule has 0 radical (unpaired) electrons. The average molecular weight is 561 g/mol. The van der Waals surface area contributed by atoms with Gasteiger partial charge < -0.3 is 25.2 Å². The van der Waals surface area contributed by atoms with Crippen LogP contribution in [0, 0.1) is 0 Å². The molecule has 220 valence electrons. The number of hydrogen-bond donors (Lipinski definition) is 2. The van der Waals surface area contributed by atoms with Crippen molar-refractivity contribution in [1.82, 2.24) is 20.4 Å². The second-order valence-corrected chi connectivity index (χ2v) is 12.2. The molecule has 8 heteroatoms. The second kappa shape index (κ2) is 13.1. The van der Waals surface area contributed by atoms with Gasteiger partial charge in [0.2, 0.25) is 11.8 Å². The van der Waals surface area contributed by atoms with E-state index >= 15 is 0 Å². The molecular formula is C33H44N4O4. The lowest BCUT2D eigenvalue weighted by molar-refractivity contribution is -0.137. The Kier molecular flexibility index (Phi) is 9.28. The Morgan fingerprint density at radius 2 is 1.66 bits per heavy atom. The molecule has 41 heavy (non-hydrogen) atoms. The van der Waals surface area contributed by atoms with Crippen LogP contribution >= 0.6 is 0 Å². The summed E-state index contributed by atoms with van der Waals surface area (Å²) < 4.78 is 5.96. The monoisotopic (exact) mass is 560 g/mol. The number of amides is 4. The third-order valence-electron chi connectivity index (χ3n) is 9.21. The Morgan fingerprint density at radius 1 is 0.976 bits per heavy atom. The Hall–Kier alpha value is -3.39. The van der Waals surface area contributed by atoms with Gasteiger partial charge in [-0.3, -0.25) is 9.59 Å². The lowest BCUT2D eigenvalue weighted by atomic mass is 9.73. The van der Waals surface area contributed by atoms with Crippen molar-refractivity contribution in [1.29, 1.82) is 0 Å². The van der Waals surface area contributed by atoms with E-state index in [2.05, 4.69) is 28.8 Å². The molecule has 0 bridgehead atoms. The Balaban J connectivity index is 1.24. The highest BCUT2D eigenvalue weighted by Gasteiger charge is 2.48. The van der Waals surface area contributed by atoms with Crippen molar-refractivity contribution < 1.29 is 19.1 Å². The van der Waals surface area contributed by atoms with Gasteiger partial charge in [0, 0.05) is 38.6 Å². The van der Waals surface area contributed by atoms with Crippen LogP contribution in [0.25, 0.3) is 0 Å². The van der Waals surface area contributed by atoms with E-state index in [-0.39, 0.29) is 41.8 Å². The zero-order valence-corrected chi connectivity index (χ0v) is 24.4. The molecule has 0 aromatic heterocycles. The number of hydrogen-bond acceptors (Lipinski definition) is 4. The lowest BCUT2D eigenvalue weighted by Crippen LogP contribution is -2.56. The number of nitrogens with one attached hydrogen (secondary N) is 2. The molecule has 3 aliphatic rings. The lowest BCUT2D eigenvalue weighted by Gasteiger charge is -2.41. The van der Waals surface area contributed by atoms with E-state index in [4.69, 9.17) is 4.74 Å². The Labute approximate surface area is 243 Å². The minimum absolute atomic E-state index is 0.107. The van der Waals surface area contributed by atoms with Gasteiger partial charge in [-0.1, -0.05) is 73.9 Å². The highest BCUT2D eigenvalue weighted by molar-refractivity contribution is 5.88. The second-order valence-electron chi connectivity index (χ2n) is 12.2. The van der Waals surface area contributed by atoms with E-state index in [1.807, 2.05) is 55.4 Å². The van der Waals surface area contributed by atoms with Crippen LogP contribution in [0.3, 0.4) is 0 Å². The van der Waals surface area contributed by atoms with Crippen LogP contribution in [0.2, 0.25) is 0 Å². The standard InChI is InChI=1S/C33H44N4O4/c1-36(2)30(38)27-21-33(28-16-10-9-15-26(27)28)17-19-37(20-18-33)31(39)29(23-41-22-24-11-5-3-6-12-24)35-32(40)34-25-13-7-4-8-14-25/h3,5-6,9-12,15-16,25,27,29H,4,7-8,13-14,17-23H2,1-2H3,(H2,34,35,40)/t27-,29?/m1/s1. The first-order valence-corrected chi connectivity index (χ1v) is 15.1. The highest BCUT2D eigenvalue weighted by atomic mass is 16.5. The van der Waals surface area contributed by atoms with Crippen LogP contribution < -0.4 is 10.6 Å². The number of carbonyl (C=O) groups is 3. The normalized spacial score (nSPS) is 20.7. The number of likely N-dealkylation sites (N-methyl/N-ethyl adjacent to an activating group) is 1. The molecule has 2 atom stereocenters. The molecule has 5 rings (SSSR count). The van der Waals surface area contributed by atoms with Crippen LogP contribution in [-0.2, 0) is 26.3 Å². The van der Waals surface area contributed by atoms with Crippen molar-refractivity contribution in [3.05, 3.63) is 71.3 Å². The quantitative estimate of drug-likeness (QED) is 0.503. The molecule has 1 heterocycles. The fraction of sp³-hybridized carbons (Fsp3) is 0.545. The van der Waals surface area contributed by atoms with E-state index in [1.54, 1.807) is 4.90 Å². The first-order valence-electron chi connectivity index (χ1n) is 15.1. The summed E-state index contributed by atoms with van der Waals surface area (Å²) in [5.74, 6) is -0.122. The first kappa shape index (κ1) is 29.1. The number of piperidine rings is 1. The number of benzene rings is 2. The summed E-state index contributed by atoms with van der Waals surface area (Å²) in [6.45, 7) is 1.64. The third kappa shape index (κ3) is 6.75. The van der Waals surface area contributed by atoms with Gasteiger partial charge >= 0.3 is 6.03 Å². The molecule has 1 saturated carbocycles. The SMILES string of the molecule is CN(C)C(=O)[C@@H]1CC2(CCN(C(=O)C(COCc3ccccc3)NC(=O)NC3CCCCC3)CC2)c2ccccc21. The predicted molar refractivity (Wildman–Crippen MR) is 158 cm³/mol. The molecule has 2 aromatic rings. The number of likely N-dealkylation sites (tertiary alicyclic amines) is 1.